The molecule has 0 spiro atoms. The molecule has 1 aromatic rings. The minimum absolute atomic E-state index is 0.0857. The quantitative estimate of drug-likeness (QED) is 0.770. The highest BCUT2D eigenvalue weighted by atomic mass is 35.5. The first kappa shape index (κ1) is 18.7. The number of nitrogens with zero attached hydrogens (tertiary/aromatic N) is 1. The molecule has 0 aliphatic rings. The van der Waals surface area contributed by atoms with Crippen molar-refractivity contribution in [1.82, 2.24) is 4.90 Å². The average Bonchev–Trinajstić information content (AvgIpc) is 2.43. The summed E-state index contributed by atoms with van der Waals surface area (Å²) in [6.45, 7) is 6.99. The van der Waals surface area contributed by atoms with Crippen molar-refractivity contribution in [2.45, 2.75) is 39.3 Å². The van der Waals surface area contributed by atoms with Crippen LogP contribution in [-0.2, 0) is 4.79 Å². The molecule has 0 aliphatic heterocycles. The Morgan fingerprint density at radius 3 is 2.59 bits per heavy atom. The van der Waals surface area contributed by atoms with E-state index in [0.717, 1.165) is 0 Å². The number of amides is 1. The molecule has 0 aliphatic carbocycles. The first-order valence-electron chi connectivity index (χ1n) is 7.39. The summed E-state index contributed by atoms with van der Waals surface area (Å²) in [6.07, 6.45) is -0.0555. The van der Waals surface area contributed by atoms with Gasteiger partial charge in [0.2, 0.25) is 5.91 Å². The molecule has 2 N–H and O–H groups in total. The van der Waals surface area contributed by atoms with E-state index in [2.05, 4.69) is 10.2 Å². The number of benzene rings is 1. The minimum Gasteiger partial charge on any atom is -0.495 e. The lowest BCUT2D eigenvalue weighted by atomic mass is 10.2. The van der Waals surface area contributed by atoms with Gasteiger partial charge in [-0.15, -0.1) is 0 Å². The van der Waals surface area contributed by atoms with Crippen LogP contribution in [0.4, 0.5) is 5.69 Å². The van der Waals surface area contributed by atoms with Gasteiger partial charge in [-0.3, -0.25) is 9.69 Å². The summed E-state index contributed by atoms with van der Waals surface area (Å²) in [5.74, 6) is 0.486. The molecule has 1 unspecified atom stereocenters. The first-order valence-corrected chi connectivity index (χ1v) is 7.76. The Morgan fingerprint density at radius 1 is 1.41 bits per heavy atom. The number of anilines is 1. The molecule has 0 saturated heterocycles. The highest BCUT2D eigenvalue weighted by Crippen LogP contribution is 2.27. The second-order valence-corrected chi connectivity index (χ2v) is 5.99. The summed E-state index contributed by atoms with van der Waals surface area (Å²) in [5.41, 5.74) is 0.641. The fraction of sp³-hybridized carbons (Fsp3) is 0.562. The van der Waals surface area contributed by atoms with Gasteiger partial charge in [0.25, 0.3) is 0 Å². The van der Waals surface area contributed by atoms with Crippen molar-refractivity contribution in [2.24, 2.45) is 0 Å². The van der Waals surface area contributed by atoms with Gasteiger partial charge in [0.05, 0.1) is 18.2 Å². The van der Waals surface area contributed by atoms with Crippen LogP contribution < -0.4 is 10.1 Å². The molecule has 0 heterocycles. The zero-order valence-electron chi connectivity index (χ0n) is 13.6. The number of rotatable bonds is 8. The van der Waals surface area contributed by atoms with Gasteiger partial charge in [0.1, 0.15) is 5.75 Å². The van der Waals surface area contributed by atoms with Crippen molar-refractivity contribution in [3.63, 3.8) is 0 Å². The van der Waals surface area contributed by atoms with Crippen LogP contribution in [0.3, 0.4) is 0 Å². The van der Waals surface area contributed by atoms with Crippen molar-refractivity contribution >= 4 is 23.2 Å². The molecule has 0 bridgehead atoms. The molecule has 1 atom stereocenters. The van der Waals surface area contributed by atoms with E-state index in [-0.39, 0.29) is 11.9 Å². The smallest absolute Gasteiger partial charge is 0.225 e. The van der Waals surface area contributed by atoms with E-state index < -0.39 is 6.10 Å². The zero-order valence-corrected chi connectivity index (χ0v) is 14.4. The number of hydrogen-bond donors (Lipinski definition) is 2. The third-order valence-electron chi connectivity index (χ3n) is 3.29. The Balaban J connectivity index is 2.53. The average molecular weight is 329 g/mol. The number of nitrogens with one attached hydrogen (secondary N) is 1. The van der Waals surface area contributed by atoms with Crippen LogP contribution >= 0.6 is 11.6 Å². The summed E-state index contributed by atoms with van der Waals surface area (Å²) < 4.78 is 5.07. The van der Waals surface area contributed by atoms with E-state index in [4.69, 9.17) is 16.3 Å². The van der Waals surface area contributed by atoms with Crippen LogP contribution in [0.2, 0.25) is 5.02 Å². The van der Waals surface area contributed by atoms with E-state index >= 15 is 0 Å². The van der Waals surface area contributed by atoms with E-state index in [1.165, 1.54) is 0 Å². The lowest BCUT2D eigenvalue weighted by molar-refractivity contribution is -0.116. The molecule has 1 rings (SSSR count). The molecule has 0 aromatic heterocycles. The maximum Gasteiger partial charge on any atom is 0.225 e. The van der Waals surface area contributed by atoms with Crippen molar-refractivity contribution in [1.29, 1.82) is 0 Å². The lowest BCUT2D eigenvalue weighted by Gasteiger charge is -2.27. The fourth-order valence-electron chi connectivity index (χ4n) is 2.11. The number of halogens is 1. The largest absolute Gasteiger partial charge is 0.495 e. The van der Waals surface area contributed by atoms with E-state index in [1.54, 1.807) is 32.2 Å². The molecule has 0 radical (unpaired) electrons. The third-order valence-corrected chi connectivity index (χ3v) is 3.59. The van der Waals surface area contributed by atoms with Crippen LogP contribution in [0, 0.1) is 0 Å². The number of methoxy groups -OCH3 is 1. The van der Waals surface area contributed by atoms with Gasteiger partial charge in [0, 0.05) is 31.2 Å². The Hall–Kier alpha value is -1.30. The molecule has 1 aromatic carbocycles. The number of carbonyl (C=O) groups is 1. The predicted molar refractivity (Wildman–Crippen MR) is 89.6 cm³/mol. The first-order chi connectivity index (χ1) is 10.3. The molecule has 5 nitrogen and oxygen atoms in total. The van der Waals surface area contributed by atoms with Crippen LogP contribution in [0.5, 0.6) is 5.75 Å². The van der Waals surface area contributed by atoms with Crippen molar-refractivity contribution < 1.29 is 14.6 Å². The van der Waals surface area contributed by atoms with Gasteiger partial charge < -0.3 is 15.2 Å². The normalized spacial score (nSPS) is 12.5. The second-order valence-electron chi connectivity index (χ2n) is 5.59. The van der Waals surface area contributed by atoms with Gasteiger partial charge in [0.15, 0.2) is 0 Å². The topological polar surface area (TPSA) is 61.8 Å². The molecule has 124 valence electrons. The summed E-state index contributed by atoms with van der Waals surface area (Å²) in [6, 6.07) is 5.40. The van der Waals surface area contributed by atoms with Crippen LogP contribution in [0.1, 0.15) is 27.2 Å². The summed E-state index contributed by atoms with van der Waals surface area (Å²) in [5, 5.41) is 12.8. The number of ether oxygens (including phenoxy) is 1. The molecule has 0 fully saturated rings. The zero-order chi connectivity index (χ0) is 16.7. The van der Waals surface area contributed by atoms with Gasteiger partial charge in [-0.05, 0) is 39.0 Å². The SMILES string of the molecule is COc1ccc(NC(=O)CCN(CC(C)O)C(C)C)cc1Cl. The molecule has 6 heteroatoms. The number of hydrogen-bond acceptors (Lipinski definition) is 4. The Kier molecular flexibility index (Phi) is 7.65. The van der Waals surface area contributed by atoms with Crippen LogP contribution in [0.15, 0.2) is 18.2 Å². The molecule has 22 heavy (non-hydrogen) atoms. The molecule has 1 amide bonds. The Morgan fingerprint density at radius 2 is 2.09 bits per heavy atom. The molecule has 0 saturated carbocycles. The van der Waals surface area contributed by atoms with Crippen molar-refractivity contribution in [2.75, 3.05) is 25.5 Å². The van der Waals surface area contributed by atoms with Gasteiger partial charge in [-0.2, -0.15) is 0 Å². The maximum atomic E-state index is 12.0. The van der Waals surface area contributed by atoms with Gasteiger partial charge >= 0.3 is 0 Å². The lowest BCUT2D eigenvalue weighted by Crippen LogP contribution is -2.38. The number of aliphatic hydroxyl groups excluding tert-OH is 1. The van der Waals surface area contributed by atoms with E-state index in [0.29, 0.717) is 36.0 Å². The Labute approximate surface area is 137 Å². The highest BCUT2D eigenvalue weighted by Gasteiger charge is 2.14. The highest BCUT2D eigenvalue weighted by molar-refractivity contribution is 6.32. The van der Waals surface area contributed by atoms with Crippen LogP contribution in [0.25, 0.3) is 0 Å². The van der Waals surface area contributed by atoms with E-state index in [1.807, 2.05) is 13.8 Å². The molecular weight excluding hydrogens is 304 g/mol. The third kappa shape index (κ3) is 6.22. The predicted octanol–water partition coefficient (Wildman–Crippen LogP) is 2.77. The van der Waals surface area contributed by atoms with E-state index in [9.17, 15) is 9.90 Å². The summed E-state index contributed by atoms with van der Waals surface area (Å²) >= 11 is 6.03. The maximum absolute atomic E-state index is 12.0. The summed E-state index contributed by atoms with van der Waals surface area (Å²) in [4.78, 5) is 14.1. The van der Waals surface area contributed by atoms with Crippen molar-refractivity contribution in [3.8, 4) is 5.75 Å². The van der Waals surface area contributed by atoms with Crippen molar-refractivity contribution in [3.05, 3.63) is 23.2 Å². The van der Waals surface area contributed by atoms with Crippen LogP contribution in [-0.4, -0.2) is 48.3 Å². The second kappa shape index (κ2) is 8.98. The number of carbonyl (C=O) groups excluding carboxylic acids is 1. The standard InChI is InChI=1S/C16H25ClN2O3/c1-11(2)19(10-12(3)20)8-7-16(21)18-13-5-6-15(22-4)14(17)9-13/h5-6,9,11-12,20H,7-8,10H2,1-4H3,(H,18,21). The monoisotopic (exact) mass is 328 g/mol. The minimum atomic E-state index is -0.411. The number of aliphatic hydroxyl groups is 1. The Bertz CT molecular complexity index is 492. The molecular formula is C16H25ClN2O3. The fourth-order valence-corrected chi connectivity index (χ4v) is 2.37. The van der Waals surface area contributed by atoms with Gasteiger partial charge in [-0.25, -0.2) is 0 Å². The van der Waals surface area contributed by atoms with Gasteiger partial charge in [-0.1, -0.05) is 11.6 Å². The summed E-state index contributed by atoms with van der Waals surface area (Å²) in [7, 11) is 1.54.